The SMILES string of the molecule is CC1CN(CCC(=O)c2cccc(Br)c2)CC1C. The molecule has 0 radical (unpaired) electrons. The molecule has 2 nitrogen and oxygen atoms in total. The minimum Gasteiger partial charge on any atom is -0.302 e. The summed E-state index contributed by atoms with van der Waals surface area (Å²) in [5.41, 5.74) is 0.810. The first-order valence-electron chi connectivity index (χ1n) is 6.57. The van der Waals surface area contributed by atoms with Crippen molar-refractivity contribution in [3.63, 3.8) is 0 Å². The van der Waals surface area contributed by atoms with Gasteiger partial charge in [0.1, 0.15) is 0 Å². The van der Waals surface area contributed by atoms with Crippen LogP contribution in [0.5, 0.6) is 0 Å². The van der Waals surface area contributed by atoms with Gasteiger partial charge in [-0.3, -0.25) is 4.79 Å². The summed E-state index contributed by atoms with van der Waals surface area (Å²) in [7, 11) is 0. The van der Waals surface area contributed by atoms with E-state index in [2.05, 4.69) is 34.7 Å². The lowest BCUT2D eigenvalue weighted by molar-refractivity contribution is 0.0968. The first kappa shape index (κ1) is 13.8. The Hall–Kier alpha value is -0.670. The number of nitrogens with zero attached hydrogens (tertiary/aromatic N) is 1. The minimum atomic E-state index is 0.239. The van der Waals surface area contributed by atoms with Crippen LogP contribution in [0.15, 0.2) is 28.7 Å². The second kappa shape index (κ2) is 5.98. The molecule has 2 atom stereocenters. The van der Waals surface area contributed by atoms with E-state index in [0.717, 1.165) is 41.5 Å². The van der Waals surface area contributed by atoms with Gasteiger partial charge >= 0.3 is 0 Å². The Bertz CT molecular complexity index is 422. The number of halogens is 1. The fourth-order valence-corrected chi connectivity index (χ4v) is 2.90. The first-order chi connectivity index (χ1) is 8.56. The van der Waals surface area contributed by atoms with Crippen molar-refractivity contribution in [3.05, 3.63) is 34.3 Å². The molecule has 1 aromatic rings. The summed E-state index contributed by atoms with van der Waals surface area (Å²) in [4.78, 5) is 14.5. The highest BCUT2D eigenvalue weighted by atomic mass is 79.9. The Kier molecular flexibility index (Phi) is 4.57. The van der Waals surface area contributed by atoms with E-state index >= 15 is 0 Å². The molecule has 0 aromatic heterocycles. The van der Waals surface area contributed by atoms with E-state index in [9.17, 15) is 4.79 Å². The highest BCUT2D eigenvalue weighted by Gasteiger charge is 2.25. The Balaban J connectivity index is 1.86. The van der Waals surface area contributed by atoms with Gasteiger partial charge in [-0.05, 0) is 24.0 Å². The summed E-state index contributed by atoms with van der Waals surface area (Å²) in [6, 6.07) is 7.65. The summed E-state index contributed by atoms with van der Waals surface area (Å²) in [5.74, 6) is 1.75. The van der Waals surface area contributed by atoms with Gasteiger partial charge in [-0.15, -0.1) is 0 Å². The maximum atomic E-state index is 12.1. The normalized spacial score (nSPS) is 24.4. The highest BCUT2D eigenvalue weighted by molar-refractivity contribution is 9.10. The zero-order chi connectivity index (χ0) is 13.1. The summed E-state index contributed by atoms with van der Waals surface area (Å²) in [6.45, 7) is 7.74. The lowest BCUT2D eigenvalue weighted by Gasteiger charge is -2.14. The molecule has 1 aromatic carbocycles. The van der Waals surface area contributed by atoms with Crippen LogP contribution in [0.25, 0.3) is 0 Å². The summed E-state index contributed by atoms with van der Waals surface area (Å²) < 4.78 is 0.969. The maximum Gasteiger partial charge on any atom is 0.164 e. The smallest absolute Gasteiger partial charge is 0.164 e. The van der Waals surface area contributed by atoms with Crippen LogP contribution in [0, 0.1) is 11.8 Å². The molecule has 2 unspecified atom stereocenters. The number of hydrogen-bond acceptors (Lipinski definition) is 2. The third kappa shape index (κ3) is 3.42. The fourth-order valence-electron chi connectivity index (χ4n) is 2.50. The van der Waals surface area contributed by atoms with Crippen molar-refractivity contribution in [2.24, 2.45) is 11.8 Å². The average Bonchev–Trinajstić information content (AvgIpc) is 2.66. The second-order valence-electron chi connectivity index (χ2n) is 5.40. The monoisotopic (exact) mass is 309 g/mol. The predicted molar refractivity (Wildman–Crippen MR) is 77.9 cm³/mol. The van der Waals surface area contributed by atoms with Crippen molar-refractivity contribution in [1.82, 2.24) is 4.90 Å². The Morgan fingerprint density at radius 3 is 2.61 bits per heavy atom. The predicted octanol–water partition coefficient (Wildman–Crippen LogP) is 3.61. The van der Waals surface area contributed by atoms with E-state index in [4.69, 9.17) is 0 Å². The third-order valence-corrected chi connectivity index (χ3v) is 4.36. The number of carbonyl (C=O) groups excluding carboxylic acids is 1. The van der Waals surface area contributed by atoms with Crippen molar-refractivity contribution in [2.45, 2.75) is 20.3 Å². The van der Waals surface area contributed by atoms with Gasteiger partial charge in [0.25, 0.3) is 0 Å². The summed E-state index contributed by atoms with van der Waals surface area (Å²) in [5, 5.41) is 0. The van der Waals surface area contributed by atoms with Gasteiger partial charge in [-0.25, -0.2) is 0 Å². The van der Waals surface area contributed by atoms with E-state index in [-0.39, 0.29) is 5.78 Å². The number of carbonyl (C=O) groups is 1. The van der Waals surface area contributed by atoms with E-state index in [1.807, 2.05) is 24.3 Å². The molecule has 1 aliphatic heterocycles. The van der Waals surface area contributed by atoms with Gasteiger partial charge in [-0.1, -0.05) is 41.9 Å². The van der Waals surface area contributed by atoms with Crippen LogP contribution in [-0.4, -0.2) is 30.3 Å². The number of rotatable bonds is 4. The van der Waals surface area contributed by atoms with Crippen LogP contribution in [-0.2, 0) is 0 Å². The van der Waals surface area contributed by atoms with E-state index < -0.39 is 0 Å². The molecule has 1 aliphatic rings. The largest absolute Gasteiger partial charge is 0.302 e. The molecule has 0 N–H and O–H groups in total. The number of hydrogen-bond donors (Lipinski definition) is 0. The first-order valence-corrected chi connectivity index (χ1v) is 7.36. The minimum absolute atomic E-state index is 0.239. The van der Waals surface area contributed by atoms with Gasteiger partial charge in [0.2, 0.25) is 0 Å². The van der Waals surface area contributed by atoms with Crippen molar-refractivity contribution in [1.29, 1.82) is 0 Å². The molecule has 0 aliphatic carbocycles. The molecule has 98 valence electrons. The number of likely N-dealkylation sites (tertiary alicyclic amines) is 1. The van der Waals surface area contributed by atoms with Crippen LogP contribution in [0.4, 0.5) is 0 Å². The van der Waals surface area contributed by atoms with Crippen molar-refractivity contribution < 1.29 is 4.79 Å². The molecule has 1 heterocycles. The van der Waals surface area contributed by atoms with Crippen molar-refractivity contribution in [2.75, 3.05) is 19.6 Å². The molecule has 0 amide bonds. The molecule has 0 saturated carbocycles. The topological polar surface area (TPSA) is 20.3 Å². The highest BCUT2D eigenvalue weighted by Crippen LogP contribution is 2.22. The molecular weight excluding hydrogens is 290 g/mol. The van der Waals surface area contributed by atoms with Crippen LogP contribution in [0.3, 0.4) is 0 Å². The van der Waals surface area contributed by atoms with Crippen LogP contribution >= 0.6 is 15.9 Å². The maximum absolute atomic E-state index is 12.1. The van der Waals surface area contributed by atoms with Gasteiger partial charge in [0.15, 0.2) is 5.78 Å². The quantitative estimate of drug-likeness (QED) is 0.792. The zero-order valence-electron chi connectivity index (χ0n) is 11.0. The van der Waals surface area contributed by atoms with Gasteiger partial charge in [-0.2, -0.15) is 0 Å². The Labute approximate surface area is 117 Å². The summed E-state index contributed by atoms with van der Waals surface area (Å²) >= 11 is 3.40. The zero-order valence-corrected chi connectivity index (χ0v) is 12.6. The number of Topliss-reactive ketones (excluding diaryl/α,β-unsaturated/α-hetero) is 1. The van der Waals surface area contributed by atoms with Crippen LogP contribution in [0.1, 0.15) is 30.6 Å². The molecule has 18 heavy (non-hydrogen) atoms. The van der Waals surface area contributed by atoms with Gasteiger partial charge in [0.05, 0.1) is 0 Å². The average molecular weight is 310 g/mol. The molecule has 0 spiro atoms. The fraction of sp³-hybridized carbons (Fsp3) is 0.533. The third-order valence-electron chi connectivity index (χ3n) is 3.87. The Morgan fingerprint density at radius 1 is 1.33 bits per heavy atom. The number of benzene rings is 1. The van der Waals surface area contributed by atoms with E-state index in [0.29, 0.717) is 6.42 Å². The van der Waals surface area contributed by atoms with Crippen molar-refractivity contribution in [3.8, 4) is 0 Å². The molecule has 2 rings (SSSR count). The number of ketones is 1. The molecule has 1 fully saturated rings. The molecule has 0 bridgehead atoms. The van der Waals surface area contributed by atoms with Crippen molar-refractivity contribution >= 4 is 21.7 Å². The van der Waals surface area contributed by atoms with E-state index in [1.165, 1.54) is 0 Å². The van der Waals surface area contributed by atoms with Gasteiger partial charge < -0.3 is 4.90 Å². The molecule has 3 heteroatoms. The van der Waals surface area contributed by atoms with Crippen LogP contribution < -0.4 is 0 Å². The lowest BCUT2D eigenvalue weighted by Crippen LogP contribution is -2.24. The van der Waals surface area contributed by atoms with E-state index in [1.54, 1.807) is 0 Å². The second-order valence-corrected chi connectivity index (χ2v) is 6.31. The molecule has 1 saturated heterocycles. The standard InChI is InChI=1S/C15H20BrNO/c1-11-9-17(10-12(11)2)7-6-15(18)13-4-3-5-14(16)8-13/h3-5,8,11-12H,6-7,9-10H2,1-2H3. The van der Waals surface area contributed by atoms with Gasteiger partial charge in [0, 0.05) is 36.1 Å². The van der Waals surface area contributed by atoms with Crippen LogP contribution in [0.2, 0.25) is 0 Å². The lowest BCUT2D eigenvalue weighted by atomic mass is 10.0. The summed E-state index contributed by atoms with van der Waals surface area (Å²) in [6.07, 6.45) is 0.621. The Morgan fingerprint density at radius 2 is 2.00 bits per heavy atom. The molecular formula is C15H20BrNO.